The van der Waals surface area contributed by atoms with E-state index in [-0.39, 0.29) is 6.10 Å². The van der Waals surface area contributed by atoms with Gasteiger partial charge in [0.05, 0.1) is 17.8 Å². The summed E-state index contributed by atoms with van der Waals surface area (Å²) >= 11 is 0. The van der Waals surface area contributed by atoms with Crippen molar-refractivity contribution in [3.63, 3.8) is 0 Å². The zero-order valence-electron chi connectivity index (χ0n) is 10.5. The molecule has 20 heavy (non-hydrogen) atoms. The zero-order chi connectivity index (χ0) is 14.5. The fourth-order valence-corrected chi connectivity index (χ4v) is 3.32. The third-order valence-corrected chi connectivity index (χ3v) is 4.32. The van der Waals surface area contributed by atoms with Crippen molar-refractivity contribution in [3.8, 4) is 0 Å². The molecule has 2 bridgehead atoms. The van der Waals surface area contributed by atoms with E-state index in [1.54, 1.807) is 0 Å². The van der Waals surface area contributed by atoms with Gasteiger partial charge in [-0.05, 0) is 37.0 Å². The van der Waals surface area contributed by atoms with Crippen molar-refractivity contribution in [2.45, 2.75) is 43.1 Å². The number of halogens is 3. The zero-order valence-corrected chi connectivity index (χ0v) is 10.5. The van der Waals surface area contributed by atoms with Gasteiger partial charge in [0.2, 0.25) is 0 Å². The maximum Gasteiger partial charge on any atom is 0.416 e. The van der Waals surface area contributed by atoms with Gasteiger partial charge < -0.3 is 9.84 Å². The van der Waals surface area contributed by atoms with E-state index in [4.69, 9.17) is 4.74 Å². The molecule has 1 N–H and O–H groups in total. The highest BCUT2D eigenvalue weighted by Crippen LogP contribution is 2.49. The lowest BCUT2D eigenvalue weighted by molar-refractivity contribution is -0.146. The maximum atomic E-state index is 12.6. The molecule has 0 aromatic heterocycles. The Balaban J connectivity index is 2.00. The van der Waals surface area contributed by atoms with Crippen LogP contribution in [0.4, 0.5) is 13.2 Å². The lowest BCUT2D eigenvalue weighted by Crippen LogP contribution is -2.44. The first-order valence-corrected chi connectivity index (χ1v) is 6.40. The molecule has 108 valence electrons. The van der Waals surface area contributed by atoms with E-state index in [0.29, 0.717) is 18.4 Å². The number of carbonyl (C=O) groups is 1. The summed E-state index contributed by atoms with van der Waals surface area (Å²) in [5, 5.41) is 9.57. The van der Waals surface area contributed by atoms with Crippen LogP contribution in [-0.4, -0.2) is 23.3 Å². The standard InChI is InChI=1S/C14H13F3O3/c15-14(16,17)9-3-1-8(2-4-9)13(12(18)19)7-10-5-6-11(13)20-10/h1-4,10-11H,5-7H2,(H,18,19). The monoisotopic (exact) mass is 286 g/mol. The number of rotatable bonds is 2. The molecule has 2 saturated heterocycles. The summed E-state index contributed by atoms with van der Waals surface area (Å²) in [4.78, 5) is 11.7. The Morgan fingerprint density at radius 2 is 1.90 bits per heavy atom. The number of carboxylic acids is 1. The molecule has 3 rings (SSSR count). The summed E-state index contributed by atoms with van der Waals surface area (Å²) in [6, 6.07) is 4.40. The minimum absolute atomic E-state index is 0.0987. The van der Waals surface area contributed by atoms with Crippen LogP contribution in [0.3, 0.4) is 0 Å². The third-order valence-electron chi connectivity index (χ3n) is 4.32. The van der Waals surface area contributed by atoms with Gasteiger partial charge in [-0.3, -0.25) is 4.79 Å². The lowest BCUT2D eigenvalue weighted by atomic mass is 9.69. The number of hydrogen-bond acceptors (Lipinski definition) is 2. The molecule has 3 unspecified atom stereocenters. The summed E-state index contributed by atoms with van der Waals surface area (Å²) in [6.45, 7) is 0. The van der Waals surface area contributed by atoms with Gasteiger partial charge in [-0.25, -0.2) is 0 Å². The molecule has 0 amide bonds. The molecule has 0 aliphatic carbocycles. The number of alkyl halides is 3. The van der Waals surface area contributed by atoms with Gasteiger partial charge in [-0.1, -0.05) is 12.1 Å². The highest BCUT2D eigenvalue weighted by Gasteiger charge is 2.58. The number of benzene rings is 1. The molecule has 2 aliphatic heterocycles. The first kappa shape index (κ1) is 13.4. The second-order valence-corrected chi connectivity index (χ2v) is 5.38. The van der Waals surface area contributed by atoms with E-state index in [1.807, 2.05) is 0 Å². The molecule has 3 nitrogen and oxygen atoms in total. The molecule has 6 heteroatoms. The van der Waals surface area contributed by atoms with Crippen molar-refractivity contribution in [1.29, 1.82) is 0 Å². The van der Waals surface area contributed by atoms with E-state index in [9.17, 15) is 23.1 Å². The largest absolute Gasteiger partial charge is 0.481 e. The van der Waals surface area contributed by atoms with Crippen LogP contribution in [0.2, 0.25) is 0 Å². The Bertz CT molecular complexity index is 538. The van der Waals surface area contributed by atoms with E-state index in [1.165, 1.54) is 12.1 Å². The molecule has 0 spiro atoms. The Morgan fingerprint density at radius 3 is 2.30 bits per heavy atom. The highest BCUT2D eigenvalue weighted by atomic mass is 19.4. The second-order valence-electron chi connectivity index (χ2n) is 5.38. The number of aliphatic carboxylic acids is 1. The fourth-order valence-electron chi connectivity index (χ4n) is 3.32. The molecule has 0 saturated carbocycles. The smallest absolute Gasteiger partial charge is 0.416 e. The van der Waals surface area contributed by atoms with Gasteiger partial charge in [-0.2, -0.15) is 13.2 Å². The average Bonchev–Trinajstić information content (AvgIpc) is 2.98. The molecule has 2 aliphatic rings. The molecule has 1 aromatic carbocycles. The van der Waals surface area contributed by atoms with Crippen LogP contribution in [0.25, 0.3) is 0 Å². The minimum atomic E-state index is -4.42. The van der Waals surface area contributed by atoms with Crippen molar-refractivity contribution in [2.24, 2.45) is 0 Å². The normalized spacial score (nSPS) is 32.5. The molecule has 0 radical (unpaired) electrons. The van der Waals surface area contributed by atoms with E-state index in [2.05, 4.69) is 0 Å². The first-order chi connectivity index (χ1) is 9.34. The van der Waals surface area contributed by atoms with E-state index < -0.39 is 29.2 Å². The van der Waals surface area contributed by atoms with Crippen molar-refractivity contribution in [2.75, 3.05) is 0 Å². The van der Waals surface area contributed by atoms with E-state index >= 15 is 0 Å². The van der Waals surface area contributed by atoms with Crippen molar-refractivity contribution < 1.29 is 27.8 Å². The van der Waals surface area contributed by atoms with E-state index in [0.717, 1.165) is 18.6 Å². The number of fused-ring (bicyclic) bond motifs is 2. The van der Waals surface area contributed by atoms with Crippen LogP contribution >= 0.6 is 0 Å². The van der Waals surface area contributed by atoms with Crippen LogP contribution in [-0.2, 0) is 21.1 Å². The maximum absolute atomic E-state index is 12.6. The Morgan fingerprint density at radius 1 is 1.25 bits per heavy atom. The number of ether oxygens (including phenoxy) is 1. The SMILES string of the molecule is O=C(O)C1(c2ccc(C(F)(F)F)cc2)CC2CCC1O2. The van der Waals surface area contributed by atoms with Crippen LogP contribution in [0.1, 0.15) is 30.4 Å². The Hall–Kier alpha value is -1.56. The summed E-state index contributed by atoms with van der Waals surface area (Å²) < 4.78 is 43.3. The summed E-state index contributed by atoms with van der Waals surface area (Å²) in [5.41, 5.74) is -1.58. The van der Waals surface area contributed by atoms with Gasteiger partial charge in [0.25, 0.3) is 0 Å². The van der Waals surface area contributed by atoms with Crippen LogP contribution in [0.15, 0.2) is 24.3 Å². The molecular weight excluding hydrogens is 273 g/mol. The Labute approximate surface area is 113 Å². The number of carboxylic acid groups (broad SMARTS) is 1. The predicted octanol–water partition coefficient (Wildman–Crippen LogP) is 2.98. The summed E-state index contributed by atoms with van der Waals surface area (Å²) in [5.74, 6) is -1.02. The van der Waals surface area contributed by atoms with Gasteiger partial charge in [0, 0.05) is 0 Å². The van der Waals surface area contributed by atoms with Gasteiger partial charge in [0.15, 0.2) is 0 Å². The van der Waals surface area contributed by atoms with Crippen LogP contribution in [0.5, 0.6) is 0 Å². The number of hydrogen-bond donors (Lipinski definition) is 1. The topological polar surface area (TPSA) is 46.5 Å². The van der Waals surface area contributed by atoms with Gasteiger partial charge >= 0.3 is 12.1 Å². The first-order valence-electron chi connectivity index (χ1n) is 6.40. The fraction of sp³-hybridized carbons (Fsp3) is 0.500. The molecular formula is C14H13F3O3. The lowest BCUT2D eigenvalue weighted by Gasteiger charge is -2.31. The molecule has 1 aromatic rings. The summed E-state index contributed by atoms with van der Waals surface area (Å²) in [6.07, 6.45) is -3.17. The molecule has 2 fully saturated rings. The van der Waals surface area contributed by atoms with Crippen LogP contribution < -0.4 is 0 Å². The molecule has 2 heterocycles. The third kappa shape index (κ3) is 1.82. The highest BCUT2D eigenvalue weighted by molar-refractivity contribution is 5.83. The summed E-state index contributed by atoms with van der Waals surface area (Å²) in [7, 11) is 0. The quantitative estimate of drug-likeness (QED) is 0.909. The molecule has 3 atom stereocenters. The second kappa shape index (κ2) is 4.22. The minimum Gasteiger partial charge on any atom is -0.481 e. The predicted molar refractivity (Wildman–Crippen MR) is 63.3 cm³/mol. The average molecular weight is 286 g/mol. The van der Waals surface area contributed by atoms with Crippen molar-refractivity contribution in [3.05, 3.63) is 35.4 Å². The van der Waals surface area contributed by atoms with Gasteiger partial charge in [-0.15, -0.1) is 0 Å². The van der Waals surface area contributed by atoms with Gasteiger partial charge in [0.1, 0.15) is 5.41 Å². The van der Waals surface area contributed by atoms with Crippen molar-refractivity contribution >= 4 is 5.97 Å². The Kier molecular flexibility index (Phi) is 2.83. The van der Waals surface area contributed by atoms with Crippen molar-refractivity contribution in [1.82, 2.24) is 0 Å². The van der Waals surface area contributed by atoms with Crippen LogP contribution in [0, 0.1) is 0 Å².